The molecule has 3 aromatic heterocycles. The molecule has 6 fully saturated rings. The fraction of sp³-hybridized carbons (Fsp3) is 0.630. The molecule has 5 aliphatic heterocycles. The van der Waals surface area contributed by atoms with E-state index in [1.165, 1.54) is 24.2 Å². The van der Waals surface area contributed by atoms with Gasteiger partial charge in [-0.1, -0.05) is 32.8 Å². The topological polar surface area (TPSA) is 173 Å². The molecule has 4 saturated heterocycles. The first-order chi connectivity index (χ1) is 33.8. The quantitative estimate of drug-likeness (QED) is 0.118. The largest absolute Gasteiger partial charge is 0.464 e. The van der Waals surface area contributed by atoms with Crippen LogP contribution in [0.5, 0.6) is 0 Å². The molecule has 15 nitrogen and oxygen atoms in total. The Morgan fingerprint density at radius 2 is 1.84 bits per heavy atom. The number of thiazole rings is 1. The van der Waals surface area contributed by atoms with Gasteiger partial charge in [-0.25, -0.2) is 10.4 Å². The molecule has 1 aromatic carbocycles. The van der Waals surface area contributed by atoms with Gasteiger partial charge in [0, 0.05) is 96.7 Å². The molecule has 374 valence electrons. The third-order valence-corrected chi connectivity index (χ3v) is 17.6. The van der Waals surface area contributed by atoms with Crippen LogP contribution in [0.15, 0.2) is 41.9 Å². The number of methoxy groups -OCH3 is 1. The van der Waals surface area contributed by atoms with Gasteiger partial charge in [-0.2, -0.15) is 0 Å². The van der Waals surface area contributed by atoms with Crippen LogP contribution in [0.2, 0.25) is 0 Å². The number of fused-ring (bicyclic) bond motifs is 6. The maximum absolute atomic E-state index is 15.1. The van der Waals surface area contributed by atoms with Gasteiger partial charge < -0.3 is 24.3 Å². The molecule has 3 N–H and O–H groups in total. The summed E-state index contributed by atoms with van der Waals surface area (Å²) in [4.78, 5) is 72.0. The number of piperidine rings is 1. The molecule has 6 bridgehead atoms. The van der Waals surface area contributed by atoms with Crippen molar-refractivity contribution in [1.29, 1.82) is 0 Å². The van der Waals surface area contributed by atoms with E-state index in [0.717, 1.165) is 121 Å². The lowest BCUT2D eigenvalue weighted by atomic mass is 9.72. The normalized spacial score (nSPS) is 26.9. The van der Waals surface area contributed by atoms with Crippen molar-refractivity contribution >= 4 is 45.9 Å². The number of esters is 1. The Hall–Kier alpha value is -4.74. The van der Waals surface area contributed by atoms with E-state index in [0.29, 0.717) is 37.8 Å². The number of benzene rings is 1. The van der Waals surface area contributed by atoms with E-state index in [2.05, 4.69) is 75.9 Å². The number of cyclic esters (lactones) is 1. The van der Waals surface area contributed by atoms with Crippen molar-refractivity contribution in [2.24, 2.45) is 22.7 Å². The standard InChI is InChI=1S/C54H71N9O6S/c1-6-62-42-19-18-35-24-37(42)38(48(62)36-14-9-21-55-44(36)32(2)68-5)26-53(3,4)31-69-52(67)39-15-10-23-63(59-39)50(65)40(25-43-56-41(35)27-70-43)57-49(64)47(34-12-7-8-13-34)60-22-11-20-54(28-60)29-61(30-54)51(66)46-45(58-46)33-16-17-33/h9,14,18-19,21,24,27,32-34,39-40,45-47,58-59H,6-8,10-13,15-17,20,22-23,25-26,28-31H2,1-5H3,(H,57,64)/t32-,39-,40-,45+,46+,47-/m0/s1. The molecule has 2 aliphatic carbocycles. The van der Waals surface area contributed by atoms with Crippen molar-refractivity contribution < 1.29 is 28.7 Å². The van der Waals surface area contributed by atoms with Gasteiger partial charge in [-0.15, -0.1) is 11.3 Å². The zero-order chi connectivity index (χ0) is 48.5. The summed E-state index contributed by atoms with van der Waals surface area (Å²) in [5, 5.41) is 12.2. The molecule has 2 saturated carbocycles. The van der Waals surface area contributed by atoms with Crippen molar-refractivity contribution in [2.75, 3.05) is 46.4 Å². The average Bonchev–Trinajstić information content (AvgIpc) is 4.22. The van der Waals surface area contributed by atoms with Crippen LogP contribution in [-0.2, 0) is 48.0 Å². The first-order valence-corrected chi connectivity index (χ1v) is 27.1. The van der Waals surface area contributed by atoms with E-state index < -0.39 is 23.5 Å². The highest BCUT2D eigenvalue weighted by atomic mass is 32.1. The molecule has 8 heterocycles. The van der Waals surface area contributed by atoms with Crippen molar-refractivity contribution in [3.05, 3.63) is 58.2 Å². The number of pyridine rings is 1. The van der Waals surface area contributed by atoms with Crippen molar-refractivity contribution in [1.82, 2.24) is 45.4 Å². The Balaban J connectivity index is 0.909. The van der Waals surface area contributed by atoms with Gasteiger partial charge >= 0.3 is 5.97 Å². The van der Waals surface area contributed by atoms with Crippen LogP contribution in [0.4, 0.5) is 0 Å². The number of likely N-dealkylation sites (tertiary alicyclic amines) is 2. The van der Waals surface area contributed by atoms with Gasteiger partial charge in [0.15, 0.2) is 0 Å². The predicted octanol–water partition coefficient (Wildman–Crippen LogP) is 6.44. The maximum Gasteiger partial charge on any atom is 0.324 e. The number of hydrogen-bond acceptors (Lipinski definition) is 12. The van der Waals surface area contributed by atoms with Gasteiger partial charge in [0.1, 0.15) is 18.1 Å². The molecule has 3 amide bonds. The van der Waals surface area contributed by atoms with Gasteiger partial charge in [0.05, 0.1) is 40.8 Å². The van der Waals surface area contributed by atoms with E-state index in [-0.39, 0.29) is 60.3 Å². The van der Waals surface area contributed by atoms with Crippen LogP contribution in [0, 0.1) is 22.7 Å². The number of amides is 3. The minimum atomic E-state index is -0.921. The number of carbonyl (C=O) groups is 4. The highest BCUT2D eigenvalue weighted by molar-refractivity contribution is 7.10. The first kappa shape index (κ1) is 47.6. The second kappa shape index (κ2) is 19.0. The van der Waals surface area contributed by atoms with E-state index in [1.807, 2.05) is 24.1 Å². The highest BCUT2D eigenvalue weighted by Crippen LogP contribution is 2.46. The molecule has 0 radical (unpaired) electrons. The summed E-state index contributed by atoms with van der Waals surface area (Å²) in [5.74, 6) is 0.284. The Kier molecular flexibility index (Phi) is 12.9. The summed E-state index contributed by atoms with van der Waals surface area (Å²) in [5.41, 5.74) is 9.69. The first-order valence-electron chi connectivity index (χ1n) is 26.2. The third-order valence-electron chi connectivity index (χ3n) is 16.7. The smallest absolute Gasteiger partial charge is 0.324 e. The number of aromatic nitrogens is 3. The number of carbonyl (C=O) groups excluding carboxylic acids is 4. The SMILES string of the molecule is CCn1c(-c2cccnc2[C@H](C)OC)c2c3cc(ccc31)-c1csc(n1)C[C@H](NC(=O)[C@H](C1CCCC1)N1CCCC3(CN(C(=O)[C@@H]4N[C@@H]4C4CC4)C3)C1)C(=O)N1CCC[C@H](N1)C(=O)OCC(C)(C)C2. The second-order valence-corrected chi connectivity index (χ2v) is 23.5. The zero-order valence-corrected chi connectivity index (χ0v) is 42.5. The summed E-state index contributed by atoms with van der Waals surface area (Å²) in [6, 6.07) is 8.94. The van der Waals surface area contributed by atoms with E-state index in [9.17, 15) is 14.4 Å². The fourth-order valence-corrected chi connectivity index (χ4v) is 13.7. The van der Waals surface area contributed by atoms with Crippen molar-refractivity contribution in [3.8, 4) is 22.5 Å². The summed E-state index contributed by atoms with van der Waals surface area (Å²) in [6.45, 7) is 12.8. The monoisotopic (exact) mass is 974 g/mol. The number of nitrogens with zero attached hydrogens (tertiary/aromatic N) is 6. The number of hydrazine groups is 1. The third kappa shape index (κ3) is 9.20. The molecule has 0 unspecified atom stereocenters. The van der Waals surface area contributed by atoms with E-state index in [1.54, 1.807) is 12.1 Å². The molecule has 6 atom stereocenters. The highest BCUT2D eigenvalue weighted by Gasteiger charge is 2.57. The summed E-state index contributed by atoms with van der Waals surface area (Å²) >= 11 is 1.50. The van der Waals surface area contributed by atoms with Crippen molar-refractivity contribution in [3.63, 3.8) is 0 Å². The van der Waals surface area contributed by atoms with Crippen LogP contribution >= 0.6 is 11.3 Å². The molecule has 4 aromatic rings. The average molecular weight is 974 g/mol. The number of nitrogens with one attached hydrogen (secondary N) is 3. The van der Waals surface area contributed by atoms with Crippen LogP contribution in [0.3, 0.4) is 0 Å². The Labute approximate surface area is 415 Å². The van der Waals surface area contributed by atoms with Gasteiger partial charge in [-0.3, -0.25) is 39.4 Å². The Morgan fingerprint density at radius 3 is 2.61 bits per heavy atom. The molecule has 11 rings (SSSR count). The number of rotatable bonds is 10. The molecular weight excluding hydrogens is 903 g/mol. The maximum atomic E-state index is 15.1. The second-order valence-electron chi connectivity index (χ2n) is 22.5. The van der Waals surface area contributed by atoms with Gasteiger partial charge in [0.2, 0.25) is 11.8 Å². The zero-order valence-electron chi connectivity index (χ0n) is 41.6. The molecule has 16 heteroatoms. The molecule has 1 spiro atoms. The lowest BCUT2D eigenvalue weighted by molar-refractivity contribution is -0.155. The summed E-state index contributed by atoms with van der Waals surface area (Å²) < 4.78 is 14.4. The summed E-state index contributed by atoms with van der Waals surface area (Å²) in [6.07, 6.45) is 12.1. The van der Waals surface area contributed by atoms with Gasteiger partial charge in [0.25, 0.3) is 5.91 Å². The summed E-state index contributed by atoms with van der Waals surface area (Å²) in [7, 11) is 1.71. The van der Waals surface area contributed by atoms with Crippen LogP contribution in [0.1, 0.15) is 114 Å². The Morgan fingerprint density at radius 1 is 1.03 bits per heavy atom. The fourth-order valence-electron chi connectivity index (χ4n) is 12.9. The number of hydrogen-bond donors (Lipinski definition) is 3. The van der Waals surface area contributed by atoms with Crippen LogP contribution in [-0.4, -0.2) is 130 Å². The number of ether oxygens (including phenoxy) is 2. The minimum Gasteiger partial charge on any atom is -0.464 e. The number of aryl methyl sites for hydroxylation is 1. The van der Waals surface area contributed by atoms with Crippen LogP contribution in [0.25, 0.3) is 33.4 Å². The van der Waals surface area contributed by atoms with Crippen LogP contribution < -0.4 is 16.1 Å². The molecular formula is C54H71N9O6S. The lowest BCUT2D eigenvalue weighted by Gasteiger charge is -2.56. The molecule has 70 heavy (non-hydrogen) atoms. The van der Waals surface area contributed by atoms with Crippen molar-refractivity contribution in [2.45, 2.75) is 148 Å². The van der Waals surface area contributed by atoms with E-state index in [4.69, 9.17) is 19.4 Å². The predicted molar refractivity (Wildman–Crippen MR) is 268 cm³/mol. The van der Waals surface area contributed by atoms with Gasteiger partial charge in [-0.05, 0) is 120 Å². The van der Waals surface area contributed by atoms with E-state index >= 15 is 4.79 Å². The molecule has 7 aliphatic rings. The Bertz CT molecular complexity index is 2650. The lowest BCUT2D eigenvalue weighted by Crippen LogP contribution is -2.68. The minimum absolute atomic E-state index is 0.0196.